The number of allylic oxidation sites excluding steroid dienone is 1. The zero-order valence-electron chi connectivity index (χ0n) is 11.0. The quantitative estimate of drug-likeness (QED) is 0.797. The van der Waals surface area contributed by atoms with Crippen LogP contribution < -0.4 is 10.1 Å². The van der Waals surface area contributed by atoms with Crippen LogP contribution in [0.5, 0.6) is 5.75 Å². The van der Waals surface area contributed by atoms with Crippen molar-refractivity contribution in [3.05, 3.63) is 35.6 Å². The molecule has 0 fully saturated rings. The van der Waals surface area contributed by atoms with E-state index in [0.29, 0.717) is 30.7 Å². The first kappa shape index (κ1) is 14.9. The molecule has 0 radical (unpaired) electrons. The van der Waals surface area contributed by atoms with Gasteiger partial charge in [0.15, 0.2) is 0 Å². The van der Waals surface area contributed by atoms with Crippen molar-refractivity contribution >= 4 is 17.3 Å². The van der Waals surface area contributed by atoms with Gasteiger partial charge < -0.3 is 15.2 Å². The third-order valence-corrected chi connectivity index (χ3v) is 3.53. The average Bonchev–Trinajstić information content (AvgIpc) is 2.81. The number of rotatable bonds is 5. The van der Waals surface area contributed by atoms with Crippen LogP contribution >= 0.6 is 11.6 Å². The Morgan fingerprint density at radius 1 is 1.30 bits per heavy atom. The topological polar surface area (TPSA) is 41.5 Å². The Hall–Kier alpha value is -1.49. The van der Waals surface area contributed by atoms with E-state index < -0.39 is 11.4 Å². The summed E-state index contributed by atoms with van der Waals surface area (Å²) >= 11 is 5.19. The number of aliphatic hydroxyl groups is 1. The highest BCUT2D eigenvalue weighted by Gasteiger charge is 2.42. The van der Waals surface area contributed by atoms with Crippen LogP contribution in [0.3, 0.4) is 0 Å². The molecule has 2 rings (SSSR count). The van der Waals surface area contributed by atoms with Crippen LogP contribution in [0.2, 0.25) is 0 Å². The number of alkyl halides is 3. The first-order valence-electron chi connectivity index (χ1n) is 6.30. The van der Waals surface area contributed by atoms with Gasteiger partial charge in [0.05, 0.1) is 12.9 Å². The fourth-order valence-electron chi connectivity index (χ4n) is 2.28. The van der Waals surface area contributed by atoms with Gasteiger partial charge in [-0.1, -0.05) is 0 Å². The Morgan fingerprint density at radius 2 is 1.95 bits per heavy atom. The molecule has 3 nitrogen and oxygen atoms in total. The molecule has 0 saturated carbocycles. The van der Waals surface area contributed by atoms with Gasteiger partial charge in [-0.15, -0.1) is 0 Å². The lowest BCUT2D eigenvalue weighted by Gasteiger charge is -2.25. The van der Waals surface area contributed by atoms with Crippen molar-refractivity contribution < 1.29 is 18.6 Å². The standard InChI is InChI=1S/C14H16ClF2NO2/c1-20-10-7-5-9(6-8-10)18-13(14(15,16)17)11-3-2-4-12(11)19/h5-8,13,18-19H,2-4H2,1H3. The van der Waals surface area contributed by atoms with Gasteiger partial charge in [-0.2, -0.15) is 8.78 Å². The summed E-state index contributed by atoms with van der Waals surface area (Å²) in [5.74, 6) is 0.643. The second-order valence-electron chi connectivity index (χ2n) is 4.67. The maximum atomic E-state index is 13.6. The third kappa shape index (κ3) is 3.33. The SMILES string of the molecule is COc1ccc(NC(C2=C(O)CCC2)C(F)(F)Cl)cc1. The lowest BCUT2D eigenvalue weighted by molar-refractivity contribution is 0.0830. The van der Waals surface area contributed by atoms with E-state index in [2.05, 4.69) is 5.32 Å². The summed E-state index contributed by atoms with van der Waals surface area (Å²) < 4.78 is 32.2. The van der Waals surface area contributed by atoms with Crippen molar-refractivity contribution in [3.8, 4) is 5.75 Å². The summed E-state index contributed by atoms with van der Waals surface area (Å²) in [5.41, 5.74) is 0.768. The maximum Gasteiger partial charge on any atom is 0.345 e. The zero-order valence-corrected chi connectivity index (χ0v) is 11.8. The summed E-state index contributed by atoms with van der Waals surface area (Å²) in [6.45, 7) is 0. The highest BCUT2D eigenvalue weighted by atomic mass is 35.5. The van der Waals surface area contributed by atoms with Gasteiger partial charge in [0.1, 0.15) is 11.8 Å². The largest absolute Gasteiger partial charge is 0.512 e. The number of benzene rings is 1. The number of aliphatic hydroxyl groups excluding tert-OH is 1. The van der Waals surface area contributed by atoms with Crippen LogP contribution in [0.15, 0.2) is 35.6 Å². The molecule has 0 amide bonds. The van der Waals surface area contributed by atoms with Crippen LogP contribution in [0.25, 0.3) is 0 Å². The molecule has 1 atom stereocenters. The summed E-state index contributed by atoms with van der Waals surface area (Å²) in [4.78, 5) is 0. The van der Waals surface area contributed by atoms with Gasteiger partial charge >= 0.3 is 5.38 Å². The summed E-state index contributed by atoms with van der Waals surface area (Å²) in [5, 5.41) is 8.92. The maximum absolute atomic E-state index is 13.6. The van der Waals surface area contributed by atoms with Crippen LogP contribution in [0, 0.1) is 0 Å². The van der Waals surface area contributed by atoms with Crippen molar-refractivity contribution in [3.63, 3.8) is 0 Å². The van der Waals surface area contributed by atoms with E-state index >= 15 is 0 Å². The van der Waals surface area contributed by atoms with Gasteiger partial charge in [-0.05, 0) is 54.3 Å². The minimum absolute atomic E-state index is 0.0105. The molecule has 2 N–H and O–H groups in total. The Labute approximate surface area is 121 Å². The minimum Gasteiger partial charge on any atom is -0.512 e. The second kappa shape index (κ2) is 5.87. The summed E-state index contributed by atoms with van der Waals surface area (Å²) in [6, 6.07) is 5.16. The lowest BCUT2D eigenvalue weighted by atomic mass is 10.1. The molecule has 20 heavy (non-hydrogen) atoms. The van der Waals surface area contributed by atoms with Gasteiger partial charge in [0, 0.05) is 12.1 Å². The number of anilines is 1. The van der Waals surface area contributed by atoms with Gasteiger partial charge in [0.2, 0.25) is 0 Å². The third-order valence-electron chi connectivity index (χ3n) is 3.31. The zero-order chi connectivity index (χ0) is 14.8. The highest BCUT2D eigenvalue weighted by Crippen LogP contribution is 2.37. The van der Waals surface area contributed by atoms with Crippen LogP contribution in [0.4, 0.5) is 14.5 Å². The molecule has 0 aliphatic heterocycles. The summed E-state index contributed by atoms with van der Waals surface area (Å²) in [7, 11) is 1.53. The molecule has 0 saturated heterocycles. The molecule has 1 aromatic rings. The van der Waals surface area contributed by atoms with Crippen LogP contribution in [0.1, 0.15) is 19.3 Å². The first-order valence-corrected chi connectivity index (χ1v) is 6.68. The molecular weight excluding hydrogens is 288 g/mol. The Kier molecular flexibility index (Phi) is 4.38. The van der Waals surface area contributed by atoms with E-state index in [0.717, 1.165) is 0 Å². The number of methoxy groups -OCH3 is 1. The molecule has 1 unspecified atom stereocenters. The Balaban J connectivity index is 2.22. The molecule has 0 bridgehead atoms. The molecule has 0 heterocycles. The number of halogens is 3. The predicted molar refractivity (Wildman–Crippen MR) is 74.7 cm³/mol. The average molecular weight is 304 g/mol. The van der Waals surface area contributed by atoms with Gasteiger partial charge in [-0.3, -0.25) is 0 Å². The van der Waals surface area contributed by atoms with E-state index in [-0.39, 0.29) is 11.3 Å². The highest BCUT2D eigenvalue weighted by molar-refractivity contribution is 6.22. The van der Waals surface area contributed by atoms with Crippen molar-refractivity contribution in [2.24, 2.45) is 0 Å². The van der Waals surface area contributed by atoms with Crippen LogP contribution in [-0.4, -0.2) is 23.6 Å². The van der Waals surface area contributed by atoms with E-state index in [4.69, 9.17) is 16.3 Å². The predicted octanol–water partition coefficient (Wildman–Crippen LogP) is 4.30. The van der Waals surface area contributed by atoms with E-state index in [9.17, 15) is 13.9 Å². The smallest absolute Gasteiger partial charge is 0.345 e. The van der Waals surface area contributed by atoms with Crippen molar-refractivity contribution in [2.75, 3.05) is 12.4 Å². The van der Waals surface area contributed by atoms with Crippen molar-refractivity contribution in [2.45, 2.75) is 30.7 Å². The lowest BCUT2D eigenvalue weighted by Crippen LogP contribution is -2.37. The fraction of sp³-hybridized carbons (Fsp3) is 0.429. The molecule has 110 valence electrons. The van der Waals surface area contributed by atoms with E-state index in [1.54, 1.807) is 24.3 Å². The van der Waals surface area contributed by atoms with Crippen molar-refractivity contribution in [1.29, 1.82) is 0 Å². The summed E-state index contributed by atoms with van der Waals surface area (Å²) in [6.07, 6.45) is 1.50. The molecule has 0 aromatic heterocycles. The molecule has 1 aliphatic carbocycles. The van der Waals surface area contributed by atoms with E-state index in [1.165, 1.54) is 7.11 Å². The van der Waals surface area contributed by atoms with E-state index in [1.807, 2.05) is 0 Å². The molecule has 1 aliphatic rings. The number of hydrogen-bond acceptors (Lipinski definition) is 3. The second-order valence-corrected chi connectivity index (χ2v) is 5.18. The van der Waals surface area contributed by atoms with Crippen LogP contribution in [-0.2, 0) is 0 Å². The minimum atomic E-state index is -3.48. The number of nitrogens with one attached hydrogen (secondary N) is 1. The molecular formula is C14H16ClF2NO2. The van der Waals surface area contributed by atoms with Gasteiger partial charge in [0.25, 0.3) is 0 Å². The molecule has 6 heteroatoms. The van der Waals surface area contributed by atoms with Gasteiger partial charge in [-0.25, -0.2) is 0 Å². The normalized spacial score (nSPS) is 17.2. The Bertz CT molecular complexity index is 497. The Morgan fingerprint density at radius 3 is 2.40 bits per heavy atom. The van der Waals surface area contributed by atoms with Crippen molar-refractivity contribution in [1.82, 2.24) is 0 Å². The monoisotopic (exact) mass is 303 g/mol. The number of ether oxygens (including phenoxy) is 1. The molecule has 0 spiro atoms. The number of hydrogen-bond donors (Lipinski definition) is 2. The first-order chi connectivity index (χ1) is 9.41. The molecule has 1 aromatic carbocycles. The fourth-order valence-corrected chi connectivity index (χ4v) is 2.47.